The minimum Gasteiger partial charge on any atom is -0.381 e. The number of ether oxygens (including phenoxy) is 1. The minimum absolute atomic E-state index is 0.0960. The number of rotatable bonds is 4. The Morgan fingerprint density at radius 1 is 1.21 bits per heavy atom. The lowest BCUT2D eigenvalue weighted by Crippen LogP contribution is -2.51. The summed E-state index contributed by atoms with van der Waals surface area (Å²) >= 11 is 6.44. The van der Waals surface area contributed by atoms with E-state index in [1.807, 2.05) is 24.3 Å². The molecule has 1 aromatic carbocycles. The van der Waals surface area contributed by atoms with Crippen LogP contribution in [0.1, 0.15) is 38.2 Å². The number of hydrogen-bond acceptors (Lipinski definition) is 3. The molecule has 2 fully saturated rings. The van der Waals surface area contributed by atoms with E-state index in [9.17, 15) is 4.79 Å². The maximum Gasteiger partial charge on any atom is 0.230 e. The number of piperidine rings is 1. The van der Waals surface area contributed by atoms with E-state index in [1.54, 1.807) is 0 Å². The Morgan fingerprint density at radius 3 is 2.54 bits per heavy atom. The van der Waals surface area contributed by atoms with Crippen molar-refractivity contribution < 1.29 is 9.53 Å². The van der Waals surface area contributed by atoms with E-state index >= 15 is 0 Å². The maximum atomic E-state index is 13.2. The van der Waals surface area contributed by atoms with Gasteiger partial charge in [0.15, 0.2) is 0 Å². The average molecular weight is 351 g/mol. The van der Waals surface area contributed by atoms with Gasteiger partial charge in [0.25, 0.3) is 0 Å². The lowest BCUT2D eigenvalue weighted by atomic mass is 9.72. The molecule has 0 aliphatic carbocycles. The minimum atomic E-state index is -0.570. The molecule has 4 nitrogen and oxygen atoms in total. The number of nitrogens with one attached hydrogen (secondary N) is 2. The van der Waals surface area contributed by atoms with Gasteiger partial charge in [-0.05, 0) is 55.8 Å². The summed E-state index contributed by atoms with van der Waals surface area (Å²) in [6.07, 6.45) is 3.55. The molecular weight excluding hydrogens is 324 g/mol. The molecule has 0 aromatic heterocycles. The first-order valence-corrected chi connectivity index (χ1v) is 9.25. The summed E-state index contributed by atoms with van der Waals surface area (Å²) in [6.45, 7) is 6.23. The fourth-order valence-corrected chi connectivity index (χ4v) is 4.17. The predicted molar refractivity (Wildman–Crippen MR) is 96.4 cm³/mol. The number of halogens is 1. The Balaban J connectivity index is 1.78. The highest BCUT2D eigenvalue weighted by atomic mass is 35.5. The predicted octanol–water partition coefficient (Wildman–Crippen LogP) is 2.89. The van der Waals surface area contributed by atoms with Gasteiger partial charge in [0.2, 0.25) is 5.91 Å². The summed E-state index contributed by atoms with van der Waals surface area (Å²) in [5, 5.41) is 7.30. The fourth-order valence-electron chi connectivity index (χ4n) is 3.86. The smallest absolute Gasteiger partial charge is 0.230 e. The molecule has 0 radical (unpaired) electrons. The molecule has 0 unspecified atom stereocenters. The van der Waals surface area contributed by atoms with Gasteiger partial charge in [0, 0.05) is 24.8 Å². The third-order valence-corrected chi connectivity index (χ3v) is 5.99. The van der Waals surface area contributed by atoms with Crippen LogP contribution >= 0.6 is 11.6 Å². The van der Waals surface area contributed by atoms with Crippen LogP contribution < -0.4 is 10.6 Å². The first-order valence-electron chi connectivity index (χ1n) is 8.88. The Labute approximate surface area is 149 Å². The van der Waals surface area contributed by atoms with Crippen LogP contribution in [0.3, 0.4) is 0 Å². The molecule has 0 atom stereocenters. The van der Waals surface area contributed by atoms with Crippen LogP contribution in [-0.4, -0.2) is 38.8 Å². The number of carbonyl (C=O) groups excluding carboxylic acids is 1. The van der Waals surface area contributed by atoms with E-state index in [0.717, 1.165) is 38.0 Å². The SMILES string of the molecule is CC1(CNC(=O)C2(c3ccccc3Cl)CCOCC2)CCNCC1. The molecule has 0 spiro atoms. The quantitative estimate of drug-likeness (QED) is 0.877. The molecule has 2 N–H and O–H groups in total. The lowest BCUT2D eigenvalue weighted by Gasteiger charge is -2.39. The van der Waals surface area contributed by atoms with Gasteiger partial charge in [-0.15, -0.1) is 0 Å². The van der Waals surface area contributed by atoms with Crippen molar-refractivity contribution in [3.63, 3.8) is 0 Å². The molecule has 0 saturated carbocycles. The van der Waals surface area contributed by atoms with Crippen LogP contribution in [0.5, 0.6) is 0 Å². The van der Waals surface area contributed by atoms with Gasteiger partial charge in [0.1, 0.15) is 0 Å². The third-order valence-electron chi connectivity index (χ3n) is 5.66. The summed E-state index contributed by atoms with van der Waals surface area (Å²) < 4.78 is 5.52. The fraction of sp³-hybridized carbons (Fsp3) is 0.632. The molecule has 1 aromatic rings. The van der Waals surface area contributed by atoms with Crippen molar-refractivity contribution in [1.82, 2.24) is 10.6 Å². The summed E-state index contributed by atoms with van der Waals surface area (Å²) in [5.74, 6) is 0.0960. The maximum absolute atomic E-state index is 13.2. The van der Waals surface area contributed by atoms with Gasteiger partial charge >= 0.3 is 0 Å². The highest BCUT2D eigenvalue weighted by Crippen LogP contribution is 2.39. The molecule has 132 valence electrons. The van der Waals surface area contributed by atoms with Gasteiger partial charge in [-0.3, -0.25) is 4.79 Å². The van der Waals surface area contributed by atoms with E-state index in [-0.39, 0.29) is 11.3 Å². The summed E-state index contributed by atoms with van der Waals surface area (Å²) in [4.78, 5) is 13.2. The molecule has 2 aliphatic rings. The van der Waals surface area contributed by atoms with Gasteiger partial charge in [-0.25, -0.2) is 0 Å². The van der Waals surface area contributed by atoms with E-state index in [4.69, 9.17) is 16.3 Å². The third kappa shape index (κ3) is 3.61. The van der Waals surface area contributed by atoms with Crippen LogP contribution in [0, 0.1) is 5.41 Å². The van der Waals surface area contributed by atoms with Crippen LogP contribution in [0.25, 0.3) is 0 Å². The van der Waals surface area contributed by atoms with E-state index in [2.05, 4.69) is 17.6 Å². The van der Waals surface area contributed by atoms with Crippen LogP contribution in [0.15, 0.2) is 24.3 Å². The second kappa shape index (κ2) is 7.42. The van der Waals surface area contributed by atoms with Crippen molar-refractivity contribution in [3.8, 4) is 0 Å². The highest BCUT2D eigenvalue weighted by Gasteiger charge is 2.43. The van der Waals surface area contributed by atoms with Crippen molar-refractivity contribution >= 4 is 17.5 Å². The largest absolute Gasteiger partial charge is 0.381 e. The molecule has 5 heteroatoms. The average Bonchev–Trinajstić information content (AvgIpc) is 2.61. The van der Waals surface area contributed by atoms with Crippen molar-refractivity contribution in [2.24, 2.45) is 5.41 Å². The monoisotopic (exact) mass is 350 g/mol. The Kier molecular flexibility index (Phi) is 5.48. The first-order chi connectivity index (χ1) is 11.6. The molecule has 0 bridgehead atoms. The number of hydrogen-bond donors (Lipinski definition) is 2. The van der Waals surface area contributed by atoms with Gasteiger partial charge in [-0.1, -0.05) is 36.7 Å². The van der Waals surface area contributed by atoms with Crippen molar-refractivity contribution in [1.29, 1.82) is 0 Å². The summed E-state index contributed by atoms with van der Waals surface area (Å²) in [6, 6.07) is 7.72. The number of carbonyl (C=O) groups is 1. The standard InChI is InChI=1S/C19H27ClN2O2/c1-18(6-10-21-11-7-18)14-22-17(23)19(8-12-24-13-9-19)15-4-2-3-5-16(15)20/h2-5,21H,6-14H2,1H3,(H,22,23). The van der Waals surface area contributed by atoms with E-state index < -0.39 is 5.41 Å². The van der Waals surface area contributed by atoms with Crippen LogP contribution in [-0.2, 0) is 14.9 Å². The zero-order chi connectivity index (χ0) is 17.0. The van der Waals surface area contributed by atoms with Crippen molar-refractivity contribution in [2.45, 2.75) is 38.0 Å². The zero-order valence-electron chi connectivity index (χ0n) is 14.4. The Morgan fingerprint density at radius 2 is 1.88 bits per heavy atom. The zero-order valence-corrected chi connectivity index (χ0v) is 15.1. The number of amides is 1. The Bertz CT molecular complexity index is 578. The van der Waals surface area contributed by atoms with Gasteiger partial charge < -0.3 is 15.4 Å². The first kappa shape index (κ1) is 17.7. The second-order valence-corrected chi connectivity index (χ2v) is 7.82. The molecule has 1 amide bonds. The van der Waals surface area contributed by atoms with E-state index in [1.165, 1.54) is 0 Å². The van der Waals surface area contributed by atoms with Gasteiger partial charge in [-0.2, -0.15) is 0 Å². The van der Waals surface area contributed by atoms with Gasteiger partial charge in [0.05, 0.1) is 5.41 Å². The molecule has 2 heterocycles. The second-order valence-electron chi connectivity index (χ2n) is 7.42. The summed E-state index contributed by atoms with van der Waals surface area (Å²) in [7, 11) is 0. The Hall–Kier alpha value is -1.10. The summed E-state index contributed by atoms with van der Waals surface area (Å²) in [5.41, 5.74) is 0.538. The lowest BCUT2D eigenvalue weighted by molar-refractivity contribution is -0.131. The molecule has 24 heavy (non-hydrogen) atoms. The highest BCUT2D eigenvalue weighted by molar-refractivity contribution is 6.31. The van der Waals surface area contributed by atoms with E-state index in [0.29, 0.717) is 31.1 Å². The van der Waals surface area contributed by atoms with Crippen molar-refractivity contribution in [2.75, 3.05) is 32.8 Å². The number of benzene rings is 1. The molecule has 2 saturated heterocycles. The topological polar surface area (TPSA) is 50.4 Å². The van der Waals surface area contributed by atoms with Crippen LogP contribution in [0.4, 0.5) is 0 Å². The molecule has 2 aliphatic heterocycles. The molecule has 3 rings (SSSR count). The normalized spacial score (nSPS) is 22.8. The van der Waals surface area contributed by atoms with Crippen molar-refractivity contribution in [3.05, 3.63) is 34.9 Å². The molecular formula is C19H27ClN2O2. The van der Waals surface area contributed by atoms with Crippen LogP contribution in [0.2, 0.25) is 5.02 Å².